The molecule has 0 atom stereocenters. The van der Waals surface area contributed by atoms with Crippen molar-refractivity contribution in [2.75, 3.05) is 19.6 Å². The zero-order chi connectivity index (χ0) is 26.2. The van der Waals surface area contributed by atoms with Crippen LogP contribution in [0, 0.1) is 0 Å². The summed E-state index contributed by atoms with van der Waals surface area (Å²) in [5.74, 6) is 0.911. The van der Waals surface area contributed by atoms with Crippen LogP contribution in [-0.4, -0.2) is 58.3 Å². The van der Waals surface area contributed by atoms with Crippen LogP contribution in [0.15, 0.2) is 41.2 Å². The Balaban J connectivity index is 1.43. The van der Waals surface area contributed by atoms with Gasteiger partial charge in [-0.05, 0) is 49.8 Å². The summed E-state index contributed by atoms with van der Waals surface area (Å²) in [5, 5.41) is 5.86. The lowest BCUT2D eigenvalue weighted by Crippen LogP contribution is -2.45. The molecule has 1 aromatic heterocycles. The van der Waals surface area contributed by atoms with Gasteiger partial charge in [0.25, 0.3) is 0 Å². The Hall–Kier alpha value is -3.79. The number of fused-ring (bicyclic) bond motifs is 1. The number of urea groups is 1. The fourth-order valence-corrected chi connectivity index (χ4v) is 4.37. The first kappa shape index (κ1) is 26.3. The summed E-state index contributed by atoms with van der Waals surface area (Å²) in [4.78, 5) is 40.4. The summed E-state index contributed by atoms with van der Waals surface area (Å²) in [6.45, 7) is 4.02. The van der Waals surface area contributed by atoms with Gasteiger partial charge in [-0.3, -0.25) is 4.79 Å². The van der Waals surface area contributed by atoms with E-state index in [2.05, 4.69) is 25.6 Å². The molecule has 1 aromatic carbocycles. The number of hydrogen-bond acceptors (Lipinski definition) is 7. The van der Waals surface area contributed by atoms with E-state index in [4.69, 9.17) is 11.5 Å². The third kappa shape index (κ3) is 6.91. The molecule has 1 aliphatic heterocycles. The van der Waals surface area contributed by atoms with Crippen molar-refractivity contribution in [1.82, 2.24) is 25.5 Å². The number of aliphatic imine (C=N–C) groups is 1. The van der Waals surface area contributed by atoms with Gasteiger partial charge in [0.2, 0.25) is 5.91 Å². The fourth-order valence-electron chi connectivity index (χ4n) is 4.37. The molecule has 1 aliphatic carbocycles. The molecule has 37 heavy (non-hydrogen) atoms. The minimum Gasteiger partial charge on any atom is -0.387 e. The van der Waals surface area contributed by atoms with Crippen LogP contribution >= 0.6 is 0 Å². The molecule has 10 heteroatoms. The number of nitrogens with one attached hydrogen (secondary N) is 2. The van der Waals surface area contributed by atoms with Crippen LogP contribution in [0.3, 0.4) is 0 Å². The highest BCUT2D eigenvalue weighted by Crippen LogP contribution is 2.31. The second-order valence-corrected chi connectivity index (χ2v) is 9.49. The third-order valence-electron chi connectivity index (χ3n) is 6.60. The van der Waals surface area contributed by atoms with E-state index in [9.17, 15) is 9.59 Å². The number of hydrogen-bond donors (Lipinski definition) is 4. The van der Waals surface area contributed by atoms with Crippen molar-refractivity contribution < 1.29 is 9.59 Å². The molecule has 0 saturated heterocycles. The second-order valence-electron chi connectivity index (χ2n) is 9.49. The van der Waals surface area contributed by atoms with Crippen LogP contribution < -0.4 is 22.1 Å². The van der Waals surface area contributed by atoms with Gasteiger partial charge in [-0.25, -0.2) is 19.8 Å². The van der Waals surface area contributed by atoms with Crippen LogP contribution in [0.2, 0.25) is 0 Å². The molecule has 3 amide bonds. The van der Waals surface area contributed by atoms with Gasteiger partial charge < -0.3 is 27.0 Å². The monoisotopic (exact) mass is 504 g/mol. The van der Waals surface area contributed by atoms with Crippen molar-refractivity contribution in [3.63, 3.8) is 0 Å². The average molecular weight is 505 g/mol. The maximum atomic E-state index is 13.5. The average Bonchev–Trinajstić information content (AvgIpc) is 3.05. The van der Waals surface area contributed by atoms with Crippen LogP contribution in [0.1, 0.15) is 56.8 Å². The lowest BCUT2D eigenvalue weighted by atomic mass is 9.93. The number of nitrogens with two attached hydrogens (primary N) is 2. The first-order valence-corrected chi connectivity index (χ1v) is 13.0. The van der Waals surface area contributed by atoms with E-state index in [0.29, 0.717) is 55.0 Å². The normalized spacial score (nSPS) is 15.0. The summed E-state index contributed by atoms with van der Waals surface area (Å²) in [7, 11) is 0. The highest BCUT2D eigenvalue weighted by atomic mass is 16.2. The predicted molar refractivity (Wildman–Crippen MR) is 145 cm³/mol. The molecule has 2 heterocycles. The molecule has 196 valence electrons. The van der Waals surface area contributed by atoms with Gasteiger partial charge in [-0.2, -0.15) is 0 Å². The molecule has 0 bridgehead atoms. The van der Waals surface area contributed by atoms with Crippen molar-refractivity contribution >= 4 is 29.5 Å². The molecule has 1 saturated carbocycles. The molecule has 10 nitrogen and oxygen atoms in total. The van der Waals surface area contributed by atoms with Crippen LogP contribution in [0.4, 0.5) is 10.5 Å². The van der Waals surface area contributed by atoms with Gasteiger partial charge in [0.15, 0.2) is 0 Å². The summed E-state index contributed by atoms with van der Waals surface area (Å²) in [6, 6.07) is 5.99. The second kappa shape index (κ2) is 12.4. The SMILES string of the molecule is CCCN(CCCNC(=O)NC1CCC1)C(=O)C1=Cc2ccc(-c3cnc(CN)nc3)cc2N=C(N)C1. The Labute approximate surface area is 217 Å². The van der Waals surface area contributed by atoms with E-state index in [1.165, 1.54) is 6.42 Å². The van der Waals surface area contributed by atoms with Gasteiger partial charge >= 0.3 is 6.03 Å². The maximum absolute atomic E-state index is 13.5. The number of carbonyl (C=O) groups is 2. The number of nitrogens with zero attached hydrogens (tertiary/aromatic N) is 4. The minimum atomic E-state index is -0.133. The van der Waals surface area contributed by atoms with Gasteiger partial charge in [0.1, 0.15) is 11.7 Å². The molecule has 1 fully saturated rings. The lowest BCUT2D eigenvalue weighted by Gasteiger charge is -2.26. The highest BCUT2D eigenvalue weighted by molar-refractivity contribution is 6.05. The predicted octanol–water partition coefficient (Wildman–Crippen LogP) is 2.86. The van der Waals surface area contributed by atoms with Crippen molar-refractivity contribution in [1.29, 1.82) is 0 Å². The van der Waals surface area contributed by atoms with E-state index in [1.807, 2.05) is 36.1 Å². The lowest BCUT2D eigenvalue weighted by molar-refractivity contribution is -0.127. The number of amides is 3. The third-order valence-corrected chi connectivity index (χ3v) is 6.60. The summed E-state index contributed by atoms with van der Waals surface area (Å²) < 4.78 is 0. The van der Waals surface area contributed by atoms with Gasteiger partial charge in [-0.15, -0.1) is 0 Å². The Bertz CT molecular complexity index is 1170. The zero-order valence-electron chi connectivity index (χ0n) is 21.4. The first-order valence-electron chi connectivity index (χ1n) is 13.0. The number of rotatable bonds is 10. The van der Waals surface area contributed by atoms with Crippen LogP contribution in [-0.2, 0) is 11.3 Å². The largest absolute Gasteiger partial charge is 0.387 e. The summed E-state index contributed by atoms with van der Waals surface area (Å²) in [5.41, 5.74) is 15.7. The smallest absolute Gasteiger partial charge is 0.315 e. The molecular formula is C27H36N8O2. The van der Waals surface area contributed by atoms with Gasteiger partial charge in [-0.1, -0.05) is 19.1 Å². The minimum absolute atomic E-state index is 0.0541. The van der Waals surface area contributed by atoms with Crippen LogP contribution in [0.25, 0.3) is 17.2 Å². The number of benzene rings is 1. The molecule has 0 spiro atoms. The summed E-state index contributed by atoms with van der Waals surface area (Å²) in [6.07, 6.45) is 10.4. The van der Waals surface area contributed by atoms with E-state index >= 15 is 0 Å². The van der Waals surface area contributed by atoms with Crippen molar-refractivity contribution in [3.8, 4) is 11.1 Å². The van der Waals surface area contributed by atoms with Gasteiger partial charge in [0, 0.05) is 61.2 Å². The summed E-state index contributed by atoms with van der Waals surface area (Å²) >= 11 is 0. The molecule has 0 radical (unpaired) electrons. The Morgan fingerprint density at radius 2 is 1.92 bits per heavy atom. The van der Waals surface area contributed by atoms with Crippen molar-refractivity contribution in [2.45, 2.75) is 58.0 Å². The van der Waals surface area contributed by atoms with Crippen LogP contribution in [0.5, 0.6) is 0 Å². The number of aromatic nitrogens is 2. The highest BCUT2D eigenvalue weighted by Gasteiger charge is 2.22. The molecule has 0 unspecified atom stereocenters. The van der Waals surface area contributed by atoms with Gasteiger partial charge in [0.05, 0.1) is 12.2 Å². The van der Waals surface area contributed by atoms with Crippen molar-refractivity contribution in [3.05, 3.63) is 47.6 Å². The molecule has 2 aliphatic rings. The van der Waals surface area contributed by atoms with E-state index < -0.39 is 0 Å². The molecule has 4 rings (SSSR count). The Morgan fingerprint density at radius 1 is 1.14 bits per heavy atom. The zero-order valence-corrected chi connectivity index (χ0v) is 21.4. The standard InChI is InChI=1S/C27H36N8O2/c1-2-10-35(11-4-9-30-27(37)33-22-5-3-6-22)26(36)20-12-19-8-7-18(13-23(19)34-24(29)14-20)21-16-31-25(15-28)32-17-21/h7-8,12-13,16-17,22H,2-6,9-11,14-15,28H2,1H3,(H2,29,34)(H2,30,33,37). The number of amidine groups is 1. The quantitative estimate of drug-likeness (QED) is 0.365. The van der Waals surface area contributed by atoms with E-state index in [-0.39, 0.29) is 24.9 Å². The topological polar surface area (TPSA) is 152 Å². The molecule has 6 N–H and O–H groups in total. The van der Waals surface area contributed by atoms with Crippen molar-refractivity contribution in [2.24, 2.45) is 16.5 Å². The first-order chi connectivity index (χ1) is 18.0. The van der Waals surface area contributed by atoms with E-state index in [1.54, 1.807) is 12.4 Å². The Kier molecular flexibility index (Phi) is 8.84. The number of carbonyl (C=O) groups excluding carboxylic acids is 2. The molecule has 2 aromatic rings. The molecular weight excluding hydrogens is 468 g/mol. The van der Waals surface area contributed by atoms with E-state index in [0.717, 1.165) is 36.0 Å². The Morgan fingerprint density at radius 3 is 2.59 bits per heavy atom. The maximum Gasteiger partial charge on any atom is 0.315 e. The fraction of sp³-hybridized carbons (Fsp3) is 0.444.